The first-order valence-corrected chi connectivity index (χ1v) is 9.28. The van der Waals surface area contributed by atoms with Gasteiger partial charge in [0.15, 0.2) is 11.7 Å². The lowest BCUT2D eigenvalue weighted by atomic mass is 9.96. The Balaban J connectivity index is 0.00000261. The summed E-state index contributed by atoms with van der Waals surface area (Å²) in [6.07, 6.45) is 5.10. The molecule has 0 unspecified atom stereocenters. The Hall–Kier alpha value is -1.62. The maximum absolute atomic E-state index is 5.44. The molecular formula is C18H29IN6O2. The Morgan fingerprint density at radius 2 is 2.22 bits per heavy atom. The van der Waals surface area contributed by atoms with E-state index in [1.807, 2.05) is 12.1 Å². The molecule has 2 aromatic heterocycles. The maximum atomic E-state index is 5.44. The lowest BCUT2D eigenvalue weighted by molar-refractivity contribution is 0.0625. The minimum atomic E-state index is 0. The van der Waals surface area contributed by atoms with Gasteiger partial charge >= 0.3 is 0 Å². The van der Waals surface area contributed by atoms with Crippen molar-refractivity contribution >= 4 is 29.9 Å². The number of hydrogen-bond acceptors (Lipinski definition) is 5. The number of furan rings is 1. The zero-order valence-electron chi connectivity index (χ0n) is 16.0. The number of ether oxygens (including phenoxy) is 1. The van der Waals surface area contributed by atoms with E-state index in [0.29, 0.717) is 24.0 Å². The first-order valence-electron chi connectivity index (χ1n) is 9.28. The third-order valence-corrected chi connectivity index (χ3v) is 4.56. The van der Waals surface area contributed by atoms with Crippen LogP contribution in [0.5, 0.6) is 0 Å². The molecule has 3 heterocycles. The maximum Gasteiger partial charge on any atom is 0.216 e. The highest BCUT2D eigenvalue weighted by Crippen LogP contribution is 2.18. The van der Waals surface area contributed by atoms with Gasteiger partial charge in [0.2, 0.25) is 5.82 Å². The van der Waals surface area contributed by atoms with E-state index in [2.05, 4.69) is 44.4 Å². The summed E-state index contributed by atoms with van der Waals surface area (Å²) < 4.78 is 10.8. The molecule has 1 saturated heterocycles. The van der Waals surface area contributed by atoms with Gasteiger partial charge in [-0.3, -0.25) is 5.10 Å². The van der Waals surface area contributed by atoms with Gasteiger partial charge in [-0.25, -0.2) is 9.98 Å². The Labute approximate surface area is 177 Å². The van der Waals surface area contributed by atoms with Crippen LogP contribution in [-0.2, 0) is 11.3 Å². The standard InChI is InChI=1S/C18H28N6O2.HI/c1-3-19-18(24(2)9-6-14-7-11-25-12-8-14)20-13-16-21-17(23-22-16)15-5-4-10-26-15;/h4-5,10,14H,3,6-9,11-13H2,1-2H3,(H,19,20)(H,21,22,23);1H. The van der Waals surface area contributed by atoms with Gasteiger partial charge in [-0.2, -0.15) is 0 Å². The number of nitrogens with one attached hydrogen (secondary N) is 2. The number of H-pyrrole nitrogens is 1. The molecule has 0 amide bonds. The molecule has 0 atom stereocenters. The van der Waals surface area contributed by atoms with E-state index in [1.165, 1.54) is 0 Å². The summed E-state index contributed by atoms with van der Waals surface area (Å²) in [5.74, 6) is 3.55. The van der Waals surface area contributed by atoms with Crippen molar-refractivity contribution in [2.24, 2.45) is 10.9 Å². The first kappa shape index (κ1) is 21.7. The second-order valence-corrected chi connectivity index (χ2v) is 6.52. The Bertz CT molecular complexity index is 682. The first-order chi connectivity index (χ1) is 12.8. The Morgan fingerprint density at radius 3 is 2.93 bits per heavy atom. The molecule has 0 radical (unpaired) electrons. The lowest BCUT2D eigenvalue weighted by Crippen LogP contribution is -2.40. The minimum absolute atomic E-state index is 0. The molecule has 1 fully saturated rings. The smallest absolute Gasteiger partial charge is 0.216 e. The quantitative estimate of drug-likeness (QED) is 0.354. The molecule has 27 heavy (non-hydrogen) atoms. The number of nitrogens with zero attached hydrogens (tertiary/aromatic N) is 4. The molecular weight excluding hydrogens is 459 g/mol. The van der Waals surface area contributed by atoms with E-state index in [9.17, 15) is 0 Å². The number of hydrogen-bond donors (Lipinski definition) is 2. The fourth-order valence-electron chi connectivity index (χ4n) is 3.02. The molecule has 1 aliphatic heterocycles. The topological polar surface area (TPSA) is 91.6 Å². The summed E-state index contributed by atoms with van der Waals surface area (Å²) in [5.41, 5.74) is 0. The molecule has 150 valence electrons. The SMILES string of the molecule is CCNC(=NCc1nc(-c2ccco2)n[nH]1)N(C)CCC1CCOCC1.I. The average Bonchev–Trinajstić information content (AvgIpc) is 3.35. The molecule has 2 aromatic rings. The van der Waals surface area contributed by atoms with Crippen LogP contribution in [0.2, 0.25) is 0 Å². The van der Waals surface area contributed by atoms with Crippen LogP contribution in [0.1, 0.15) is 32.0 Å². The lowest BCUT2D eigenvalue weighted by Gasteiger charge is -2.26. The van der Waals surface area contributed by atoms with Crippen molar-refractivity contribution in [3.63, 3.8) is 0 Å². The van der Waals surface area contributed by atoms with Crippen LogP contribution in [-0.4, -0.2) is 59.4 Å². The molecule has 3 rings (SSSR count). The number of aliphatic imine (C=N–C) groups is 1. The van der Waals surface area contributed by atoms with E-state index in [0.717, 1.165) is 57.4 Å². The fourth-order valence-corrected chi connectivity index (χ4v) is 3.02. The van der Waals surface area contributed by atoms with Gasteiger partial charge in [0, 0.05) is 33.4 Å². The number of halogens is 1. The second-order valence-electron chi connectivity index (χ2n) is 6.52. The predicted molar refractivity (Wildman–Crippen MR) is 115 cm³/mol. The van der Waals surface area contributed by atoms with E-state index in [4.69, 9.17) is 9.15 Å². The Morgan fingerprint density at radius 1 is 1.41 bits per heavy atom. The number of aromatic nitrogens is 3. The van der Waals surface area contributed by atoms with Crippen LogP contribution in [0.4, 0.5) is 0 Å². The summed E-state index contributed by atoms with van der Waals surface area (Å²) in [7, 11) is 2.08. The van der Waals surface area contributed by atoms with Crippen molar-refractivity contribution in [2.75, 3.05) is 33.4 Å². The summed E-state index contributed by atoms with van der Waals surface area (Å²) in [5, 5.41) is 10.5. The van der Waals surface area contributed by atoms with Crippen molar-refractivity contribution < 1.29 is 9.15 Å². The van der Waals surface area contributed by atoms with Gasteiger partial charge in [-0.15, -0.1) is 29.1 Å². The van der Waals surface area contributed by atoms with E-state index >= 15 is 0 Å². The van der Waals surface area contributed by atoms with Gasteiger partial charge in [0.25, 0.3) is 0 Å². The number of aromatic amines is 1. The summed E-state index contributed by atoms with van der Waals surface area (Å²) in [6, 6.07) is 3.66. The predicted octanol–water partition coefficient (Wildman–Crippen LogP) is 2.90. The molecule has 2 N–H and O–H groups in total. The fraction of sp³-hybridized carbons (Fsp3) is 0.611. The highest BCUT2D eigenvalue weighted by Gasteiger charge is 2.15. The van der Waals surface area contributed by atoms with Crippen LogP contribution >= 0.6 is 24.0 Å². The van der Waals surface area contributed by atoms with Crippen LogP contribution < -0.4 is 5.32 Å². The van der Waals surface area contributed by atoms with Gasteiger partial charge in [-0.1, -0.05) is 0 Å². The van der Waals surface area contributed by atoms with Crippen molar-refractivity contribution in [3.05, 3.63) is 24.2 Å². The molecule has 1 aliphatic rings. The van der Waals surface area contributed by atoms with Crippen LogP contribution in [0, 0.1) is 5.92 Å². The molecule has 0 bridgehead atoms. The van der Waals surface area contributed by atoms with Crippen molar-refractivity contribution in [2.45, 2.75) is 32.7 Å². The minimum Gasteiger partial charge on any atom is -0.461 e. The number of rotatable bonds is 7. The van der Waals surface area contributed by atoms with E-state index in [1.54, 1.807) is 6.26 Å². The summed E-state index contributed by atoms with van der Waals surface area (Å²) in [4.78, 5) is 11.3. The van der Waals surface area contributed by atoms with Gasteiger partial charge in [0.1, 0.15) is 12.4 Å². The molecule has 0 aromatic carbocycles. The van der Waals surface area contributed by atoms with E-state index < -0.39 is 0 Å². The molecule has 0 spiro atoms. The van der Waals surface area contributed by atoms with Gasteiger partial charge in [0.05, 0.1) is 6.26 Å². The zero-order chi connectivity index (χ0) is 18.2. The van der Waals surface area contributed by atoms with Crippen LogP contribution in [0.15, 0.2) is 27.8 Å². The van der Waals surface area contributed by atoms with Gasteiger partial charge < -0.3 is 19.4 Å². The zero-order valence-corrected chi connectivity index (χ0v) is 18.3. The van der Waals surface area contributed by atoms with Gasteiger partial charge in [-0.05, 0) is 44.2 Å². The third-order valence-electron chi connectivity index (χ3n) is 4.56. The van der Waals surface area contributed by atoms with Crippen molar-refractivity contribution in [1.29, 1.82) is 0 Å². The second kappa shape index (κ2) is 11.3. The molecule has 9 heteroatoms. The third kappa shape index (κ3) is 6.49. The highest BCUT2D eigenvalue weighted by molar-refractivity contribution is 14.0. The monoisotopic (exact) mass is 488 g/mol. The largest absolute Gasteiger partial charge is 0.461 e. The van der Waals surface area contributed by atoms with Crippen LogP contribution in [0.25, 0.3) is 11.6 Å². The number of guanidine groups is 1. The summed E-state index contributed by atoms with van der Waals surface area (Å²) in [6.45, 7) is 6.11. The Kier molecular flexibility index (Phi) is 9.05. The van der Waals surface area contributed by atoms with Crippen LogP contribution in [0.3, 0.4) is 0 Å². The normalized spacial score (nSPS) is 15.4. The highest BCUT2D eigenvalue weighted by atomic mass is 127. The van der Waals surface area contributed by atoms with Crippen molar-refractivity contribution in [3.8, 4) is 11.6 Å². The summed E-state index contributed by atoms with van der Waals surface area (Å²) >= 11 is 0. The molecule has 8 nitrogen and oxygen atoms in total. The van der Waals surface area contributed by atoms with Crippen molar-refractivity contribution in [1.82, 2.24) is 25.4 Å². The average molecular weight is 488 g/mol. The van der Waals surface area contributed by atoms with E-state index in [-0.39, 0.29) is 24.0 Å². The molecule has 0 aliphatic carbocycles. The molecule has 0 saturated carbocycles.